The molecule has 2 N–H and O–H groups in total. The number of halogens is 1. The Morgan fingerprint density at radius 1 is 1.14 bits per heavy atom. The van der Waals surface area contributed by atoms with E-state index in [9.17, 15) is 14.9 Å². The SMILES string of the molecule is CC(C)Oc1cc(C#N)ccc1C1=N[C@@H](c2ccc(Cl)cc2)[C@@H](c2c[nH]c3ccccc23)N1C(=O)N1CCNC(=O)C1. The average Bonchev–Trinajstić information content (AvgIpc) is 3.58. The van der Waals surface area contributed by atoms with Crippen LogP contribution in [0.15, 0.2) is 77.9 Å². The molecule has 9 nitrogen and oxygen atoms in total. The highest BCUT2D eigenvalue weighted by molar-refractivity contribution is 6.30. The zero-order chi connectivity index (χ0) is 29.4. The number of carbonyl (C=O) groups excluding carboxylic acids is 2. The third kappa shape index (κ3) is 5.06. The first-order valence-electron chi connectivity index (χ1n) is 13.8. The minimum Gasteiger partial charge on any atom is -0.490 e. The molecule has 0 unspecified atom stereocenters. The molecule has 2 aliphatic heterocycles. The van der Waals surface area contributed by atoms with Crippen LogP contribution in [-0.2, 0) is 4.79 Å². The van der Waals surface area contributed by atoms with Gasteiger partial charge in [0.1, 0.15) is 24.2 Å². The van der Waals surface area contributed by atoms with Crippen molar-refractivity contribution in [1.29, 1.82) is 5.26 Å². The number of amides is 3. The number of hydrogen-bond acceptors (Lipinski definition) is 5. The lowest BCUT2D eigenvalue weighted by Crippen LogP contribution is -2.55. The lowest BCUT2D eigenvalue weighted by molar-refractivity contribution is -0.123. The summed E-state index contributed by atoms with van der Waals surface area (Å²) in [6.07, 6.45) is 1.73. The fourth-order valence-corrected chi connectivity index (χ4v) is 5.72. The van der Waals surface area contributed by atoms with Crippen LogP contribution in [0.25, 0.3) is 10.9 Å². The van der Waals surface area contributed by atoms with Crippen molar-refractivity contribution in [2.45, 2.75) is 32.0 Å². The molecular formula is C32H29ClN6O3. The van der Waals surface area contributed by atoms with Crippen LogP contribution in [0, 0.1) is 11.3 Å². The fourth-order valence-electron chi connectivity index (χ4n) is 5.59. The van der Waals surface area contributed by atoms with Gasteiger partial charge < -0.3 is 19.9 Å². The zero-order valence-corrected chi connectivity index (χ0v) is 23.9. The second-order valence-electron chi connectivity index (χ2n) is 10.6. The van der Waals surface area contributed by atoms with Gasteiger partial charge in [0, 0.05) is 40.8 Å². The standard InChI is InChI=1S/C32H29ClN6O3/c1-19(2)42-27-15-20(16-34)7-12-24(27)31-37-29(21-8-10-22(33)11-9-21)30(25-17-36-26-6-4-3-5-23(25)26)39(31)32(41)38-14-13-35-28(40)18-38/h3-12,15,17,19,29-30,36H,13-14,18H2,1-2H3,(H,35,40)/t29-,30+/m0/s1. The van der Waals surface area contributed by atoms with Crippen LogP contribution >= 0.6 is 11.6 Å². The first-order chi connectivity index (χ1) is 20.3. The Morgan fingerprint density at radius 2 is 1.93 bits per heavy atom. The van der Waals surface area contributed by atoms with Crippen LogP contribution in [0.4, 0.5) is 4.79 Å². The highest BCUT2D eigenvalue weighted by Crippen LogP contribution is 2.47. The van der Waals surface area contributed by atoms with E-state index in [1.165, 1.54) is 0 Å². The lowest BCUT2D eigenvalue weighted by atomic mass is 9.93. The Bertz CT molecular complexity index is 1740. The maximum absolute atomic E-state index is 14.5. The Morgan fingerprint density at radius 3 is 2.67 bits per heavy atom. The minimum absolute atomic E-state index is 0.0580. The third-order valence-electron chi connectivity index (χ3n) is 7.45. The highest BCUT2D eigenvalue weighted by atomic mass is 35.5. The smallest absolute Gasteiger partial charge is 0.326 e. The molecule has 3 aromatic carbocycles. The summed E-state index contributed by atoms with van der Waals surface area (Å²) in [5.74, 6) is 0.639. The maximum atomic E-state index is 14.5. The van der Waals surface area contributed by atoms with Crippen molar-refractivity contribution in [3.05, 3.63) is 100 Å². The molecule has 212 valence electrons. The molecule has 42 heavy (non-hydrogen) atoms. The van der Waals surface area contributed by atoms with E-state index in [2.05, 4.69) is 16.4 Å². The molecule has 3 heterocycles. The van der Waals surface area contributed by atoms with Crippen molar-refractivity contribution in [3.8, 4) is 11.8 Å². The second-order valence-corrected chi connectivity index (χ2v) is 11.0. The molecule has 1 aromatic heterocycles. The Hall–Kier alpha value is -4.81. The van der Waals surface area contributed by atoms with Crippen molar-refractivity contribution in [2.24, 2.45) is 4.99 Å². The van der Waals surface area contributed by atoms with E-state index in [1.54, 1.807) is 28.0 Å². The van der Waals surface area contributed by atoms with Crippen LogP contribution < -0.4 is 10.1 Å². The summed E-state index contributed by atoms with van der Waals surface area (Å²) in [4.78, 5) is 38.7. The van der Waals surface area contributed by atoms with Gasteiger partial charge in [0.15, 0.2) is 0 Å². The number of H-pyrrole nitrogens is 1. The number of piperazine rings is 1. The molecule has 2 aliphatic rings. The van der Waals surface area contributed by atoms with Crippen LogP contribution in [0.3, 0.4) is 0 Å². The molecule has 0 bridgehead atoms. The summed E-state index contributed by atoms with van der Waals surface area (Å²) in [7, 11) is 0. The van der Waals surface area contributed by atoms with Gasteiger partial charge in [-0.1, -0.05) is 41.9 Å². The Balaban J connectivity index is 1.58. The first-order valence-corrected chi connectivity index (χ1v) is 14.2. The fraction of sp³-hybridized carbons (Fsp3) is 0.250. The number of urea groups is 1. The van der Waals surface area contributed by atoms with E-state index in [0.717, 1.165) is 22.0 Å². The van der Waals surface area contributed by atoms with Gasteiger partial charge in [-0.3, -0.25) is 14.7 Å². The van der Waals surface area contributed by atoms with E-state index in [0.29, 0.717) is 40.8 Å². The van der Waals surface area contributed by atoms with Crippen molar-refractivity contribution in [2.75, 3.05) is 19.6 Å². The van der Waals surface area contributed by atoms with Gasteiger partial charge >= 0.3 is 6.03 Å². The number of nitrogens with one attached hydrogen (secondary N) is 2. The van der Waals surface area contributed by atoms with Crippen LogP contribution in [0.1, 0.15) is 48.2 Å². The summed E-state index contributed by atoms with van der Waals surface area (Å²) in [5, 5.41) is 14.0. The maximum Gasteiger partial charge on any atom is 0.326 e. The number of nitrogens with zero attached hydrogens (tertiary/aromatic N) is 4. The number of fused-ring (bicyclic) bond motifs is 1. The summed E-state index contributed by atoms with van der Waals surface area (Å²) in [6.45, 7) is 4.47. The normalized spacial score (nSPS) is 18.6. The summed E-state index contributed by atoms with van der Waals surface area (Å²) in [5.41, 5.74) is 3.71. The summed E-state index contributed by atoms with van der Waals surface area (Å²) < 4.78 is 6.17. The van der Waals surface area contributed by atoms with Gasteiger partial charge in [-0.05, 0) is 55.8 Å². The molecule has 0 aliphatic carbocycles. The molecule has 1 fully saturated rings. The summed E-state index contributed by atoms with van der Waals surface area (Å²) in [6, 6.07) is 21.3. The van der Waals surface area contributed by atoms with E-state index >= 15 is 0 Å². The van der Waals surface area contributed by atoms with Crippen molar-refractivity contribution >= 4 is 40.3 Å². The third-order valence-corrected chi connectivity index (χ3v) is 7.70. The number of amidine groups is 1. The molecule has 4 aromatic rings. The van der Waals surface area contributed by atoms with Crippen molar-refractivity contribution in [1.82, 2.24) is 20.1 Å². The lowest BCUT2D eigenvalue weighted by Gasteiger charge is -2.35. The van der Waals surface area contributed by atoms with Gasteiger partial charge in [0.2, 0.25) is 5.91 Å². The number of carbonyl (C=O) groups is 2. The predicted molar refractivity (Wildman–Crippen MR) is 161 cm³/mol. The first kappa shape index (κ1) is 27.4. The number of rotatable bonds is 5. The zero-order valence-electron chi connectivity index (χ0n) is 23.2. The number of ether oxygens (including phenoxy) is 1. The van der Waals surface area contributed by atoms with E-state index in [1.807, 2.05) is 68.6 Å². The molecule has 3 amide bonds. The number of benzene rings is 3. The number of hydrogen-bond donors (Lipinski definition) is 2. The predicted octanol–water partition coefficient (Wildman–Crippen LogP) is 5.58. The number of aromatic nitrogens is 1. The Kier molecular flexibility index (Phi) is 7.31. The van der Waals surface area contributed by atoms with Gasteiger partial charge in [-0.25, -0.2) is 4.79 Å². The average molecular weight is 581 g/mol. The van der Waals surface area contributed by atoms with E-state index in [4.69, 9.17) is 21.3 Å². The van der Waals surface area contributed by atoms with Crippen molar-refractivity contribution in [3.63, 3.8) is 0 Å². The quantitative estimate of drug-likeness (QED) is 0.321. The molecule has 2 atom stereocenters. The molecule has 10 heteroatoms. The molecule has 0 spiro atoms. The number of para-hydroxylation sites is 1. The van der Waals surface area contributed by atoms with Gasteiger partial charge in [-0.2, -0.15) is 5.26 Å². The van der Waals surface area contributed by atoms with Crippen LogP contribution in [0.5, 0.6) is 5.75 Å². The van der Waals surface area contributed by atoms with Crippen LogP contribution in [-0.4, -0.2) is 58.3 Å². The topological polar surface area (TPSA) is 114 Å². The van der Waals surface area contributed by atoms with E-state index < -0.39 is 12.1 Å². The van der Waals surface area contributed by atoms with Gasteiger partial charge in [0.25, 0.3) is 0 Å². The minimum atomic E-state index is -0.558. The number of aromatic amines is 1. The largest absolute Gasteiger partial charge is 0.490 e. The van der Waals surface area contributed by atoms with E-state index in [-0.39, 0.29) is 24.6 Å². The van der Waals surface area contributed by atoms with Gasteiger partial charge in [-0.15, -0.1) is 0 Å². The Labute approximate surface area is 248 Å². The van der Waals surface area contributed by atoms with Gasteiger partial charge in [0.05, 0.1) is 29.3 Å². The second kappa shape index (κ2) is 11.2. The highest BCUT2D eigenvalue weighted by Gasteiger charge is 2.46. The number of nitriles is 1. The molecule has 1 saturated heterocycles. The van der Waals surface area contributed by atoms with Crippen LogP contribution in [0.2, 0.25) is 5.02 Å². The molecular weight excluding hydrogens is 552 g/mol. The molecule has 0 radical (unpaired) electrons. The monoisotopic (exact) mass is 580 g/mol. The summed E-state index contributed by atoms with van der Waals surface area (Å²) >= 11 is 6.26. The van der Waals surface area contributed by atoms with Crippen molar-refractivity contribution < 1.29 is 14.3 Å². The number of aliphatic imine (C=N–C) groups is 1. The molecule has 0 saturated carbocycles. The molecule has 6 rings (SSSR count).